The Morgan fingerprint density at radius 2 is 2.11 bits per heavy atom. The average Bonchev–Trinajstić information content (AvgIpc) is 2.36. The van der Waals surface area contributed by atoms with E-state index in [9.17, 15) is 4.79 Å². The largest absolute Gasteiger partial charge is 0.496 e. The molecule has 0 heterocycles. The van der Waals surface area contributed by atoms with Crippen molar-refractivity contribution in [2.75, 3.05) is 19.4 Å². The van der Waals surface area contributed by atoms with Gasteiger partial charge in [0, 0.05) is 18.3 Å². The van der Waals surface area contributed by atoms with Gasteiger partial charge in [-0.2, -0.15) is 0 Å². The van der Waals surface area contributed by atoms with Gasteiger partial charge in [0.05, 0.1) is 12.7 Å². The number of ether oxygens (including phenoxy) is 1. The summed E-state index contributed by atoms with van der Waals surface area (Å²) in [6, 6.07) is 5.03. The standard InChI is InChI=1S/C14H22N2O2/c1-5-14(2,3)9-16-13(17)11-7-6-10(15)8-12(11)18-4/h6-8H,5,9,15H2,1-4H3,(H,16,17). The second kappa shape index (κ2) is 5.76. The van der Waals surface area contributed by atoms with Gasteiger partial charge in [-0.3, -0.25) is 4.79 Å². The minimum absolute atomic E-state index is 0.0940. The molecule has 1 rings (SSSR count). The summed E-state index contributed by atoms with van der Waals surface area (Å²) in [5.41, 5.74) is 6.84. The summed E-state index contributed by atoms with van der Waals surface area (Å²) in [6.07, 6.45) is 1.01. The molecule has 0 aromatic heterocycles. The molecule has 0 bridgehead atoms. The van der Waals surface area contributed by atoms with Crippen LogP contribution in [-0.4, -0.2) is 19.6 Å². The highest BCUT2D eigenvalue weighted by Crippen LogP contribution is 2.22. The Kier molecular flexibility index (Phi) is 4.59. The summed E-state index contributed by atoms with van der Waals surface area (Å²) >= 11 is 0. The van der Waals surface area contributed by atoms with Crippen LogP contribution in [0.15, 0.2) is 18.2 Å². The highest BCUT2D eigenvalue weighted by Gasteiger charge is 2.18. The molecule has 1 amide bonds. The monoisotopic (exact) mass is 250 g/mol. The summed E-state index contributed by atoms with van der Waals surface area (Å²) in [5, 5.41) is 2.92. The van der Waals surface area contributed by atoms with E-state index in [4.69, 9.17) is 10.5 Å². The van der Waals surface area contributed by atoms with E-state index in [2.05, 4.69) is 26.1 Å². The number of nitrogens with one attached hydrogen (secondary N) is 1. The van der Waals surface area contributed by atoms with Crippen molar-refractivity contribution in [3.8, 4) is 5.75 Å². The number of methoxy groups -OCH3 is 1. The van der Waals surface area contributed by atoms with Gasteiger partial charge in [0.25, 0.3) is 5.91 Å². The quantitative estimate of drug-likeness (QED) is 0.789. The Labute approximate surface area is 109 Å². The molecule has 0 aliphatic rings. The normalized spacial score (nSPS) is 11.1. The Morgan fingerprint density at radius 1 is 1.44 bits per heavy atom. The van der Waals surface area contributed by atoms with Gasteiger partial charge in [0.15, 0.2) is 0 Å². The SMILES string of the molecule is CCC(C)(C)CNC(=O)c1ccc(N)cc1OC. The highest BCUT2D eigenvalue weighted by molar-refractivity contribution is 5.97. The van der Waals surface area contributed by atoms with Crippen molar-refractivity contribution in [1.29, 1.82) is 0 Å². The number of amides is 1. The van der Waals surface area contributed by atoms with Crippen LogP contribution in [0, 0.1) is 5.41 Å². The second-order valence-corrected chi connectivity index (χ2v) is 5.16. The minimum atomic E-state index is -0.131. The summed E-state index contributed by atoms with van der Waals surface area (Å²) in [4.78, 5) is 12.1. The van der Waals surface area contributed by atoms with E-state index in [0.717, 1.165) is 6.42 Å². The zero-order chi connectivity index (χ0) is 13.8. The molecule has 0 saturated carbocycles. The first-order valence-corrected chi connectivity index (χ1v) is 6.11. The van der Waals surface area contributed by atoms with Crippen molar-refractivity contribution in [2.24, 2.45) is 5.41 Å². The first-order chi connectivity index (χ1) is 8.39. The molecule has 100 valence electrons. The molecule has 1 aromatic carbocycles. The van der Waals surface area contributed by atoms with Crippen molar-refractivity contribution >= 4 is 11.6 Å². The molecule has 4 nitrogen and oxygen atoms in total. The number of carbonyl (C=O) groups excluding carboxylic acids is 1. The van der Waals surface area contributed by atoms with Crippen LogP contribution in [0.2, 0.25) is 0 Å². The number of nitrogens with two attached hydrogens (primary N) is 1. The number of anilines is 1. The van der Waals surface area contributed by atoms with Crippen LogP contribution in [0.1, 0.15) is 37.6 Å². The van der Waals surface area contributed by atoms with E-state index in [-0.39, 0.29) is 11.3 Å². The topological polar surface area (TPSA) is 64.4 Å². The van der Waals surface area contributed by atoms with E-state index in [1.165, 1.54) is 7.11 Å². The highest BCUT2D eigenvalue weighted by atomic mass is 16.5. The number of carbonyl (C=O) groups is 1. The van der Waals surface area contributed by atoms with Crippen molar-refractivity contribution in [1.82, 2.24) is 5.32 Å². The van der Waals surface area contributed by atoms with E-state index < -0.39 is 0 Å². The van der Waals surface area contributed by atoms with E-state index in [0.29, 0.717) is 23.5 Å². The van der Waals surface area contributed by atoms with Crippen molar-refractivity contribution in [2.45, 2.75) is 27.2 Å². The van der Waals surface area contributed by atoms with Gasteiger partial charge in [0.2, 0.25) is 0 Å². The van der Waals surface area contributed by atoms with Crippen LogP contribution in [0.4, 0.5) is 5.69 Å². The fraction of sp³-hybridized carbons (Fsp3) is 0.500. The van der Waals surface area contributed by atoms with Crippen molar-refractivity contribution in [3.63, 3.8) is 0 Å². The van der Waals surface area contributed by atoms with E-state index >= 15 is 0 Å². The average molecular weight is 250 g/mol. The van der Waals surface area contributed by atoms with E-state index in [1.54, 1.807) is 18.2 Å². The lowest BCUT2D eigenvalue weighted by Crippen LogP contribution is -2.33. The Bertz CT molecular complexity index is 428. The molecule has 0 aliphatic carbocycles. The summed E-state index contributed by atoms with van der Waals surface area (Å²) in [7, 11) is 1.53. The molecule has 0 fully saturated rings. The lowest BCUT2D eigenvalue weighted by atomic mass is 9.90. The van der Waals surface area contributed by atoms with Crippen LogP contribution in [0.5, 0.6) is 5.75 Å². The number of nitrogen functional groups attached to an aromatic ring is 1. The summed E-state index contributed by atoms with van der Waals surface area (Å²) < 4.78 is 5.16. The van der Waals surface area contributed by atoms with Gasteiger partial charge < -0.3 is 15.8 Å². The lowest BCUT2D eigenvalue weighted by Gasteiger charge is -2.23. The first kappa shape index (κ1) is 14.4. The molecule has 0 spiro atoms. The van der Waals surface area contributed by atoms with Crippen LogP contribution >= 0.6 is 0 Å². The van der Waals surface area contributed by atoms with Crippen LogP contribution in [0.3, 0.4) is 0 Å². The van der Waals surface area contributed by atoms with Crippen molar-refractivity contribution in [3.05, 3.63) is 23.8 Å². The van der Waals surface area contributed by atoms with Gasteiger partial charge in [-0.25, -0.2) is 0 Å². The molecule has 0 atom stereocenters. The molecular weight excluding hydrogens is 228 g/mol. The fourth-order valence-corrected chi connectivity index (χ4v) is 1.44. The molecule has 0 radical (unpaired) electrons. The minimum Gasteiger partial charge on any atom is -0.496 e. The zero-order valence-corrected chi connectivity index (χ0v) is 11.5. The summed E-state index contributed by atoms with van der Waals surface area (Å²) in [5.74, 6) is 0.371. The number of hydrogen-bond donors (Lipinski definition) is 2. The second-order valence-electron chi connectivity index (χ2n) is 5.16. The lowest BCUT2D eigenvalue weighted by molar-refractivity contribution is 0.0932. The molecule has 0 aliphatic heterocycles. The molecular formula is C14H22N2O2. The molecule has 0 saturated heterocycles. The third-order valence-electron chi connectivity index (χ3n) is 3.15. The van der Waals surface area contributed by atoms with E-state index in [1.807, 2.05) is 0 Å². The predicted molar refractivity (Wildman–Crippen MR) is 73.8 cm³/mol. The van der Waals surface area contributed by atoms with Gasteiger partial charge in [-0.15, -0.1) is 0 Å². The summed E-state index contributed by atoms with van der Waals surface area (Å²) in [6.45, 7) is 6.98. The van der Waals surface area contributed by atoms with Gasteiger partial charge in [-0.05, 0) is 24.0 Å². The van der Waals surface area contributed by atoms with Crippen LogP contribution in [-0.2, 0) is 0 Å². The Balaban J connectivity index is 2.79. The third-order valence-corrected chi connectivity index (χ3v) is 3.15. The van der Waals surface area contributed by atoms with Gasteiger partial charge in [-0.1, -0.05) is 20.8 Å². The molecule has 18 heavy (non-hydrogen) atoms. The maximum atomic E-state index is 12.1. The number of benzene rings is 1. The Morgan fingerprint density at radius 3 is 2.67 bits per heavy atom. The number of rotatable bonds is 5. The maximum absolute atomic E-state index is 12.1. The van der Waals surface area contributed by atoms with Gasteiger partial charge in [0.1, 0.15) is 5.75 Å². The molecule has 1 aromatic rings. The molecule has 4 heteroatoms. The van der Waals surface area contributed by atoms with Crippen LogP contribution in [0.25, 0.3) is 0 Å². The first-order valence-electron chi connectivity index (χ1n) is 6.11. The zero-order valence-electron chi connectivity index (χ0n) is 11.5. The maximum Gasteiger partial charge on any atom is 0.255 e. The predicted octanol–water partition coefficient (Wildman–Crippen LogP) is 2.44. The van der Waals surface area contributed by atoms with Gasteiger partial charge >= 0.3 is 0 Å². The fourth-order valence-electron chi connectivity index (χ4n) is 1.44. The Hall–Kier alpha value is -1.71. The van der Waals surface area contributed by atoms with Crippen LogP contribution < -0.4 is 15.8 Å². The molecule has 0 unspecified atom stereocenters. The third kappa shape index (κ3) is 3.65. The number of hydrogen-bond acceptors (Lipinski definition) is 3. The van der Waals surface area contributed by atoms with Crippen molar-refractivity contribution < 1.29 is 9.53 Å². The smallest absolute Gasteiger partial charge is 0.255 e. The molecule has 3 N–H and O–H groups in total.